The van der Waals surface area contributed by atoms with Crippen LogP contribution in [0.2, 0.25) is 0 Å². The molecule has 0 spiro atoms. The van der Waals surface area contributed by atoms with Crippen molar-refractivity contribution in [3.8, 4) is 0 Å². The Morgan fingerprint density at radius 2 is 1.94 bits per heavy atom. The quantitative estimate of drug-likeness (QED) is 0.759. The maximum atomic E-state index is 13.7. The number of unbranched alkanes of at least 4 members (excludes halogenated alkanes) is 2. The lowest BCUT2D eigenvalue weighted by Crippen LogP contribution is -2.15. The van der Waals surface area contributed by atoms with Crippen molar-refractivity contribution in [3.63, 3.8) is 0 Å². The van der Waals surface area contributed by atoms with Gasteiger partial charge in [-0.25, -0.2) is 8.78 Å². The van der Waals surface area contributed by atoms with Crippen LogP contribution in [0, 0.1) is 18.6 Å². The molecule has 90 valence electrons. The minimum absolute atomic E-state index is 0.0381. The first kappa shape index (κ1) is 13.1. The highest BCUT2D eigenvalue weighted by molar-refractivity contribution is 5.28. The van der Waals surface area contributed by atoms with Gasteiger partial charge >= 0.3 is 0 Å². The third kappa shape index (κ3) is 3.01. The smallest absolute Gasteiger partial charge is 0.133 e. The van der Waals surface area contributed by atoms with Crippen LogP contribution in [0.1, 0.15) is 49.8 Å². The van der Waals surface area contributed by atoms with Crippen LogP contribution < -0.4 is 5.73 Å². The zero-order valence-corrected chi connectivity index (χ0v) is 9.89. The topological polar surface area (TPSA) is 26.0 Å². The molecule has 3 heteroatoms. The monoisotopic (exact) mass is 227 g/mol. The number of rotatable bonds is 5. The zero-order valence-electron chi connectivity index (χ0n) is 9.89. The molecule has 0 aliphatic rings. The van der Waals surface area contributed by atoms with Gasteiger partial charge in [0.1, 0.15) is 11.6 Å². The fourth-order valence-electron chi connectivity index (χ4n) is 1.78. The Hall–Kier alpha value is -0.960. The van der Waals surface area contributed by atoms with E-state index >= 15 is 0 Å². The fraction of sp³-hybridized carbons (Fsp3) is 0.538. The summed E-state index contributed by atoms with van der Waals surface area (Å²) in [7, 11) is 0. The summed E-state index contributed by atoms with van der Waals surface area (Å²) in [6.45, 7) is 3.70. The summed E-state index contributed by atoms with van der Waals surface area (Å²) in [5.74, 6) is -1.03. The van der Waals surface area contributed by atoms with E-state index in [4.69, 9.17) is 5.73 Å². The number of benzene rings is 1. The van der Waals surface area contributed by atoms with Crippen LogP contribution in [0.5, 0.6) is 0 Å². The zero-order chi connectivity index (χ0) is 12.1. The Bertz CT molecular complexity index is 350. The van der Waals surface area contributed by atoms with Crippen LogP contribution in [0.3, 0.4) is 0 Å². The van der Waals surface area contributed by atoms with E-state index in [1.54, 1.807) is 6.92 Å². The van der Waals surface area contributed by atoms with Gasteiger partial charge in [0, 0.05) is 11.6 Å². The molecule has 0 aromatic heterocycles. The highest BCUT2D eigenvalue weighted by Crippen LogP contribution is 2.25. The predicted molar refractivity (Wildman–Crippen MR) is 62.2 cm³/mol. The van der Waals surface area contributed by atoms with E-state index in [2.05, 4.69) is 6.92 Å². The highest BCUT2D eigenvalue weighted by Gasteiger charge is 2.17. The maximum Gasteiger partial charge on any atom is 0.133 e. The Balaban J connectivity index is 2.81. The molecule has 1 atom stereocenters. The van der Waals surface area contributed by atoms with Gasteiger partial charge in [-0.2, -0.15) is 0 Å². The van der Waals surface area contributed by atoms with Gasteiger partial charge in [0.05, 0.1) is 0 Å². The van der Waals surface area contributed by atoms with E-state index in [1.807, 2.05) is 0 Å². The highest BCUT2D eigenvalue weighted by atomic mass is 19.1. The molecule has 1 aromatic carbocycles. The van der Waals surface area contributed by atoms with Gasteiger partial charge in [-0.3, -0.25) is 0 Å². The average molecular weight is 227 g/mol. The molecule has 16 heavy (non-hydrogen) atoms. The fourth-order valence-corrected chi connectivity index (χ4v) is 1.78. The molecule has 0 heterocycles. The molecule has 0 amide bonds. The Labute approximate surface area is 95.7 Å². The summed E-state index contributed by atoms with van der Waals surface area (Å²) in [5, 5.41) is 0. The molecule has 0 aliphatic carbocycles. The van der Waals surface area contributed by atoms with Crippen molar-refractivity contribution >= 4 is 0 Å². The van der Waals surface area contributed by atoms with Gasteiger partial charge in [-0.05, 0) is 25.0 Å². The molecule has 1 aromatic rings. The lowest BCUT2D eigenvalue weighted by molar-refractivity contribution is 0.494. The number of hydrogen-bond donors (Lipinski definition) is 1. The van der Waals surface area contributed by atoms with Crippen molar-refractivity contribution < 1.29 is 8.78 Å². The van der Waals surface area contributed by atoms with Crippen LogP contribution in [0.15, 0.2) is 12.1 Å². The SMILES string of the molecule is CCCCC[C@@H](N)c1c(F)ccc(C)c1F. The van der Waals surface area contributed by atoms with Crippen molar-refractivity contribution in [1.29, 1.82) is 0 Å². The van der Waals surface area contributed by atoms with Crippen molar-refractivity contribution in [2.75, 3.05) is 0 Å². The number of halogens is 2. The van der Waals surface area contributed by atoms with E-state index in [0.717, 1.165) is 19.3 Å². The van der Waals surface area contributed by atoms with Crippen LogP contribution in [-0.4, -0.2) is 0 Å². The second kappa shape index (κ2) is 5.94. The summed E-state index contributed by atoms with van der Waals surface area (Å²) in [6.07, 6.45) is 3.66. The summed E-state index contributed by atoms with van der Waals surface area (Å²) in [5.41, 5.74) is 6.31. The van der Waals surface area contributed by atoms with Crippen LogP contribution in [0.25, 0.3) is 0 Å². The second-order valence-corrected chi connectivity index (χ2v) is 4.19. The first-order valence-corrected chi connectivity index (χ1v) is 5.78. The maximum absolute atomic E-state index is 13.7. The lowest BCUT2D eigenvalue weighted by Gasteiger charge is -2.14. The first-order valence-electron chi connectivity index (χ1n) is 5.78. The molecule has 0 saturated heterocycles. The Kier molecular flexibility index (Phi) is 4.87. The average Bonchev–Trinajstić information content (AvgIpc) is 2.24. The van der Waals surface area contributed by atoms with E-state index < -0.39 is 17.7 Å². The van der Waals surface area contributed by atoms with Gasteiger partial charge in [0.15, 0.2) is 0 Å². The molecule has 0 unspecified atom stereocenters. The number of hydrogen-bond acceptors (Lipinski definition) is 1. The first-order chi connectivity index (χ1) is 7.57. The molecule has 0 radical (unpaired) electrons. The van der Waals surface area contributed by atoms with E-state index in [1.165, 1.54) is 12.1 Å². The van der Waals surface area contributed by atoms with Gasteiger partial charge in [-0.15, -0.1) is 0 Å². The van der Waals surface area contributed by atoms with Crippen LogP contribution in [0.4, 0.5) is 8.78 Å². The van der Waals surface area contributed by atoms with E-state index in [0.29, 0.717) is 12.0 Å². The largest absolute Gasteiger partial charge is 0.324 e. The standard InChI is InChI=1S/C13H19F2N/c1-3-4-5-6-11(16)12-10(14)8-7-9(2)13(12)15/h7-8,11H,3-6,16H2,1-2H3/t11-/m1/s1. The second-order valence-electron chi connectivity index (χ2n) is 4.19. The summed E-state index contributed by atoms with van der Waals surface area (Å²) >= 11 is 0. The third-order valence-corrected chi connectivity index (χ3v) is 2.81. The van der Waals surface area contributed by atoms with Crippen molar-refractivity contribution in [3.05, 3.63) is 34.9 Å². The minimum Gasteiger partial charge on any atom is -0.324 e. The summed E-state index contributed by atoms with van der Waals surface area (Å²) in [6, 6.07) is 2.19. The van der Waals surface area contributed by atoms with Crippen molar-refractivity contribution in [1.82, 2.24) is 0 Å². The summed E-state index contributed by atoms with van der Waals surface area (Å²) in [4.78, 5) is 0. The molecule has 0 fully saturated rings. The Morgan fingerprint density at radius 1 is 1.25 bits per heavy atom. The normalized spacial score (nSPS) is 12.8. The van der Waals surface area contributed by atoms with Gasteiger partial charge in [0.2, 0.25) is 0 Å². The summed E-state index contributed by atoms with van der Waals surface area (Å²) < 4.78 is 27.2. The minimum atomic E-state index is -0.536. The molecule has 0 aliphatic heterocycles. The van der Waals surface area contributed by atoms with Gasteiger partial charge < -0.3 is 5.73 Å². The van der Waals surface area contributed by atoms with Crippen LogP contribution in [-0.2, 0) is 0 Å². The van der Waals surface area contributed by atoms with Crippen molar-refractivity contribution in [2.24, 2.45) is 5.73 Å². The molecule has 0 bridgehead atoms. The molecule has 0 saturated carbocycles. The lowest BCUT2D eigenvalue weighted by atomic mass is 9.98. The number of aryl methyl sites for hydroxylation is 1. The van der Waals surface area contributed by atoms with Gasteiger partial charge in [-0.1, -0.05) is 32.3 Å². The van der Waals surface area contributed by atoms with Gasteiger partial charge in [0.25, 0.3) is 0 Å². The molecular formula is C13H19F2N. The molecule has 1 rings (SSSR count). The molecule has 1 nitrogen and oxygen atoms in total. The number of nitrogens with two attached hydrogens (primary N) is 1. The predicted octanol–water partition coefficient (Wildman–Crippen LogP) is 3.85. The molecular weight excluding hydrogens is 208 g/mol. The van der Waals surface area contributed by atoms with E-state index in [-0.39, 0.29) is 5.56 Å². The Morgan fingerprint density at radius 3 is 2.56 bits per heavy atom. The van der Waals surface area contributed by atoms with Crippen molar-refractivity contribution in [2.45, 2.75) is 45.6 Å². The third-order valence-electron chi connectivity index (χ3n) is 2.81. The van der Waals surface area contributed by atoms with E-state index in [9.17, 15) is 8.78 Å². The molecule has 2 N–H and O–H groups in total. The van der Waals surface area contributed by atoms with Crippen LogP contribution >= 0.6 is 0 Å².